The number of anilines is 1. The maximum Gasteiger partial charge on any atom is 0.243 e. The van der Waals surface area contributed by atoms with Crippen LogP contribution in [0.5, 0.6) is 0 Å². The number of nitrogens with zero attached hydrogens (tertiary/aromatic N) is 1. The van der Waals surface area contributed by atoms with E-state index in [1.165, 1.54) is 0 Å². The number of benzene rings is 1. The SMILES string of the molecule is C=CCNC(=O)C(C)N1C(=O)CCCc2ccccc21. The largest absolute Gasteiger partial charge is 0.351 e. The molecule has 0 radical (unpaired) electrons. The summed E-state index contributed by atoms with van der Waals surface area (Å²) in [4.78, 5) is 26.1. The molecule has 1 aliphatic rings. The number of rotatable bonds is 4. The Labute approximate surface area is 119 Å². The topological polar surface area (TPSA) is 49.4 Å². The molecule has 0 bridgehead atoms. The average molecular weight is 272 g/mol. The fourth-order valence-electron chi connectivity index (χ4n) is 2.50. The summed E-state index contributed by atoms with van der Waals surface area (Å²) < 4.78 is 0. The van der Waals surface area contributed by atoms with Crippen molar-refractivity contribution in [1.82, 2.24) is 5.32 Å². The maximum atomic E-state index is 12.3. The lowest BCUT2D eigenvalue weighted by Crippen LogP contribution is -2.48. The van der Waals surface area contributed by atoms with Crippen LogP contribution in [-0.2, 0) is 16.0 Å². The number of hydrogen-bond acceptors (Lipinski definition) is 2. The third kappa shape index (κ3) is 2.90. The summed E-state index contributed by atoms with van der Waals surface area (Å²) in [5.41, 5.74) is 1.98. The second kappa shape index (κ2) is 6.37. The predicted octanol–water partition coefficient (Wildman–Crippen LogP) is 2.05. The number of para-hydroxylation sites is 1. The number of amides is 2. The number of carbonyl (C=O) groups excluding carboxylic acids is 2. The molecule has 4 heteroatoms. The maximum absolute atomic E-state index is 12.3. The first kappa shape index (κ1) is 14.3. The average Bonchev–Trinajstić information content (AvgIpc) is 2.62. The lowest BCUT2D eigenvalue weighted by atomic mass is 10.1. The highest BCUT2D eigenvalue weighted by molar-refractivity contribution is 6.01. The Morgan fingerprint density at radius 3 is 2.95 bits per heavy atom. The number of fused-ring (bicyclic) bond motifs is 1. The van der Waals surface area contributed by atoms with Gasteiger partial charge in [-0.25, -0.2) is 0 Å². The van der Waals surface area contributed by atoms with Gasteiger partial charge in [-0.2, -0.15) is 0 Å². The first-order chi connectivity index (χ1) is 9.65. The zero-order chi connectivity index (χ0) is 14.5. The van der Waals surface area contributed by atoms with Gasteiger partial charge in [-0.3, -0.25) is 14.5 Å². The van der Waals surface area contributed by atoms with Crippen molar-refractivity contribution in [3.05, 3.63) is 42.5 Å². The van der Waals surface area contributed by atoms with Crippen LogP contribution in [0.2, 0.25) is 0 Å². The number of aryl methyl sites for hydroxylation is 1. The number of nitrogens with one attached hydrogen (secondary N) is 1. The van der Waals surface area contributed by atoms with Crippen molar-refractivity contribution < 1.29 is 9.59 Å². The van der Waals surface area contributed by atoms with Gasteiger partial charge in [0.15, 0.2) is 0 Å². The Hall–Kier alpha value is -2.10. The van der Waals surface area contributed by atoms with Crippen LogP contribution in [0.3, 0.4) is 0 Å². The summed E-state index contributed by atoms with van der Waals surface area (Å²) in [5, 5.41) is 2.75. The molecule has 1 N–H and O–H groups in total. The molecule has 0 saturated heterocycles. The highest BCUT2D eigenvalue weighted by Crippen LogP contribution is 2.28. The predicted molar refractivity (Wildman–Crippen MR) is 79.5 cm³/mol. The van der Waals surface area contributed by atoms with Gasteiger partial charge in [0.05, 0.1) is 0 Å². The summed E-state index contributed by atoms with van der Waals surface area (Å²) in [5.74, 6) is -0.147. The Morgan fingerprint density at radius 2 is 2.20 bits per heavy atom. The zero-order valence-electron chi connectivity index (χ0n) is 11.8. The summed E-state index contributed by atoms with van der Waals surface area (Å²) in [6.07, 6.45) is 3.81. The monoisotopic (exact) mass is 272 g/mol. The van der Waals surface area contributed by atoms with Crippen molar-refractivity contribution in [1.29, 1.82) is 0 Å². The molecule has 0 spiro atoms. The standard InChI is InChI=1S/C16H20N2O2/c1-3-11-17-16(20)12(2)18-14-9-5-4-7-13(14)8-6-10-15(18)19/h3-5,7,9,12H,1,6,8,10-11H2,2H3,(H,17,20). The highest BCUT2D eigenvalue weighted by atomic mass is 16.2. The van der Waals surface area contributed by atoms with Crippen LogP contribution in [0.15, 0.2) is 36.9 Å². The van der Waals surface area contributed by atoms with Gasteiger partial charge in [-0.15, -0.1) is 6.58 Å². The fourth-order valence-corrected chi connectivity index (χ4v) is 2.50. The van der Waals surface area contributed by atoms with Gasteiger partial charge in [0.25, 0.3) is 0 Å². The van der Waals surface area contributed by atoms with Gasteiger partial charge in [0, 0.05) is 18.7 Å². The van der Waals surface area contributed by atoms with Gasteiger partial charge in [0.2, 0.25) is 11.8 Å². The fraction of sp³-hybridized carbons (Fsp3) is 0.375. The van der Waals surface area contributed by atoms with E-state index in [0.29, 0.717) is 13.0 Å². The van der Waals surface area contributed by atoms with Gasteiger partial charge in [-0.1, -0.05) is 24.3 Å². The van der Waals surface area contributed by atoms with Crippen molar-refractivity contribution in [2.45, 2.75) is 32.2 Å². The molecule has 4 nitrogen and oxygen atoms in total. The van der Waals surface area contributed by atoms with Crippen molar-refractivity contribution in [2.24, 2.45) is 0 Å². The number of carbonyl (C=O) groups is 2. The van der Waals surface area contributed by atoms with E-state index in [1.807, 2.05) is 24.3 Å². The number of hydrogen-bond donors (Lipinski definition) is 1. The second-order valence-corrected chi connectivity index (χ2v) is 4.96. The molecule has 106 valence electrons. The van der Waals surface area contributed by atoms with Crippen LogP contribution in [0.4, 0.5) is 5.69 Å². The van der Waals surface area contributed by atoms with E-state index in [1.54, 1.807) is 17.9 Å². The van der Waals surface area contributed by atoms with Gasteiger partial charge in [-0.05, 0) is 31.4 Å². The summed E-state index contributed by atoms with van der Waals surface area (Å²) in [6.45, 7) is 5.75. The minimum absolute atomic E-state index is 0.0104. The summed E-state index contributed by atoms with van der Waals surface area (Å²) >= 11 is 0. The molecule has 1 atom stereocenters. The molecule has 1 heterocycles. The lowest BCUT2D eigenvalue weighted by molar-refractivity contribution is -0.126. The van der Waals surface area contributed by atoms with Crippen molar-refractivity contribution in [2.75, 3.05) is 11.4 Å². The molecule has 0 saturated carbocycles. The van der Waals surface area contributed by atoms with Crippen LogP contribution >= 0.6 is 0 Å². The van der Waals surface area contributed by atoms with Gasteiger partial charge >= 0.3 is 0 Å². The molecule has 0 fully saturated rings. The molecule has 2 rings (SSSR count). The Kier molecular flexibility index (Phi) is 4.56. The molecule has 2 amide bonds. The Bertz CT molecular complexity index is 525. The minimum atomic E-state index is -0.512. The van der Waals surface area contributed by atoms with E-state index in [-0.39, 0.29) is 11.8 Å². The van der Waals surface area contributed by atoms with Crippen molar-refractivity contribution in [3.63, 3.8) is 0 Å². The molecule has 0 aliphatic carbocycles. The van der Waals surface area contributed by atoms with Gasteiger partial charge < -0.3 is 5.32 Å². The molecule has 1 aliphatic heterocycles. The molecule has 1 aromatic carbocycles. The van der Waals surface area contributed by atoms with Crippen LogP contribution < -0.4 is 10.2 Å². The molecule has 0 aromatic heterocycles. The van der Waals surface area contributed by atoms with Crippen molar-refractivity contribution in [3.8, 4) is 0 Å². The molecule has 1 unspecified atom stereocenters. The van der Waals surface area contributed by atoms with E-state index < -0.39 is 6.04 Å². The van der Waals surface area contributed by atoms with E-state index in [2.05, 4.69) is 11.9 Å². The van der Waals surface area contributed by atoms with E-state index in [0.717, 1.165) is 24.1 Å². The smallest absolute Gasteiger partial charge is 0.243 e. The molecular weight excluding hydrogens is 252 g/mol. The normalized spacial score (nSPS) is 16.1. The van der Waals surface area contributed by atoms with Crippen LogP contribution in [-0.4, -0.2) is 24.4 Å². The van der Waals surface area contributed by atoms with Crippen molar-refractivity contribution >= 4 is 17.5 Å². The second-order valence-electron chi connectivity index (χ2n) is 4.96. The minimum Gasteiger partial charge on any atom is -0.351 e. The first-order valence-corrected chi connectivity index (χ1v) is 6.93. The summed E-state index contributed by atoms with van der Waals surface area (Å²) in [6, 6.07) is 7.29. The Morgan fingerprint density at radius 1 is 1.45 bits per heavy atom. The zero-order valence-corrected chi connectivity index (χ0v) is 11.8. The van der Waals surface area contributed by atoms with E-state index in [4.69, 9.17) is 0 Å². The highest BCUT2D eigenvalue weighted by Gasteiger charge is 2.29. The quantitative estimate of drug-likeness (QED) is 0.853. The third-order valence-electron chi connectivity index (χ3n) is 3.54. The van der Waals surface area contributed by atoms with Crippen LogP contribution in [0, 0.1) is 0 Å². The Balaban J connectivity index is 2.30. The lowest BCUT2D eigenvalue weighted by Gasteiger charge is -2.28. The molecule has 1 aromatic rings. The van der Waals surface area contributed by atoms with Crippen LogP contribution in [0.1, 0.15) is 25.3 Å². The molecular formula is C16H20N2O2. The van der Waals surface area contributed by atoms with Crippen LogP contribution in [0.25, 0.3) is 0 Å². The first-order valence-electron chi connectivity index (χ1n) is 6.93. The summed E-state index contributed by atoms with van der Waals surface area (Å²) in [7, 11) is 0. The van der Waals surface area contributed by atoms with Gasteiger partial charge in [0.1, 0.15) is 6.04 Å². The van der Waals surface area contributed by atoms with E-state index >= 15 is 0 Å². The molecule has 20 heavy (non-hydrogen) atoms. The van der Waals surface area contributed by atoms with E-state index in [9.17, 15) is 9.59 Å². The third-order valence-corrected chi connectivity index (χ3v) is 3.54.